The van der Waals surface area contributed by atoms with Crippen LogP contribution >= 0.6 is 0 Å². The maximum atomic E-state index is 4.47. The van der Waals surface area contributed by atoms with Crippen LogP contribution in [-0.4, -0.2) is 41.2 Å². The summed E-state index contributed by atoms with van der Waals surface area (Å²) in [5.74, 6) is 2.29. The van der Waals surface area contributed by atoms with Crippen molar-refractivity contribution in [1.82, 2.24) is 20.4 Å². The van der Waals surface area contributed by atoms with Crippen molar-refractivity contribution < 1.29 is 0 Å². The van der Waals surface area contributed by atoms with E-state index in [1.807, 2.05) is 13.1 Å². The van der Waals surface area contributed by atoms with Crippen molar-refractivity contribution >= 4 is 5.96 Å². The molecule has 3 rings (SSSR count). The minimum absolute atomic E-state index is 0.651. The van der Waals surface area contributed by atoms with Crippen molar-refractivity contribution in [2.75, 3.05) is 20.1 Å². The molecule has 0 aliphatic carbocycles. The number of hydrogen-bond donors (Lipinski definition) is 2. The van der Waals surface area contributed by atoms with Gasteiger partial charge in [0, 0.05) is 26.3 Å². The predicted octanol–water partition coefficient (Wildman–Crippen LogP) is 3.00. The van der Waals surface area contributed by atoms with Crippen LogP contribution in [0, 0.1) is 5.92 Å². The largest absolute Gasteiger partial charge is 0.351 e. The van der Waals surface area contributed by atoms with Crippen molar-refractivity contribution in [3.63, 3.8) is 0 Å². The Kier molecular flexibility index (Phi) is 5.51. The average molecular weight is 325 g/mol. The summed E-state index contributed by atoms with van der Waals surface area (Å²) in [5, 5.41) is 10.4. The fourth-order valence-corrected chi connectivity index (χ4v) is 3.67. The van der Waals surface area contributed by atoms with Gasteiger partial charge in [-0.25, -0.2) is 0 Å². The summed E-state index contributed by atoms with van der Waals surface area (Å²) in [6.45, 7) is 5.12. The van der Waals surface area contributed by atoms with Gasteiger partial charge in [0.2, 0.25) is 0 Å². The summed E-state index contributed by atoms with van der Waals surface area (Å²) in [7, 11) is 1.86. The van der Waals surface area contributed by atoms with E-state index in [2.05, 4.69) is 62.7 Å². The van der Waals surface area contributed by atoms with Crippen LogP contribution in [0.2, 0.25) is 0 Å². The van der Waals surface area contributed by atoms with Gasteiger partial charge in [0.25, 0.3) is 0 Å². The van der Waals surface area contributed by atoms with Gasteiger partial charge in [-0.2, -0.15) is 5.10 Å². The lowest BCUT2D eigenvalue weighted by molar-refractivity contribution is 0.215. The van der Waals surface area contributed by atoms with Gasteiger partial charge in [-0.3, -0.25) is 10.1 Å². The van der Waals surface area contributed by atoms with Crippen LogP contribution in [0.3, 0.4) is 0 Å². The van der Waals surface area contributed by atoms with Gasteiger partial charge in [0.1, 0.15) is 0 Å². The van der Waals surface area contributed by atoms with Crippen molar-refractivity contribution in [3.05, 3.63) is 53.9 Å². The zero-order valence-corrected chi connectivity index (χ0v) is 14.6. The number of nitrogens with one attached hydrogen (secondary N) is 2. The van der Waals surface area contributed by atoms with Crippen LogP contribution in [-0.2, 0) is 6.54 Å². The van der Waals surface area contributed by atoms with Gasteiger partial charge in [-0.1, -0.05) is 43.7 Å². The summed E-state index contributed by atoms with van der Waals surface area (Å²) in [5.41, 5.74) is 2.55. The number of H-pyrrole nitrogens is 1. The molecule has 1 fully saturated rings. The molecule has 1 saturated heterocycles. The van der Waals surface area contributed by atoms with Gasteiger partial charge in [-0.15, -0.1) is 0 Å². The molecule has 0 bridgehead atoms. The Morgan fingerprint density at radius 2 is 2.17 bits per heavy atom. The van der Waals surface area contributed by atoms with E-state index in [0.717, 1.165) is 31.3 Å². The number of hydrogen-bond acceptors (Lipinski definition) is 2. The second-order valence-corrected chi connectivity index (χ2v) is 6.40. The molecule has 5 heteroatoms. The van der Waals surface area contributed by atoms with Crippen molar-refractivity contribution in [3.8, 4) is 0 Å². The smallest absolute Gasteiger partial charge is 0.193 e. The lowest BCUT2D eigenvalue weighted by Gasteiger charge is -2.40. The van der Waals surface area contributed by atoms with Crippen LogP contribution in [0.15, 0.2) is 47.6 Å². The van der Waals surface area contributed by atoms with Crippen molar-refractivity contribution in [2.45, 2.75) is 32.2 Å². The molecule has 2 unspecified atom stereocenters. The van der Waals surface area contributed by atoms with Crippen LogP contribution in [0.1, 0.15) is 36.9 Å². The van der Waals surface area contributed by atoms with E-state index in [1.165, 1.54) is 18.4 Å². The Labute approximate surface area is 144 Å². The fourth-order valence-electron chi connectivity index (χ4n) is 3.67. The zero-order chi connectivity index (χ0) is 16.8. The number of nitrogens with zero attached hydrogens (tertiary/aromatic N) is 3. The second-order valence-electron chi connectivity index (χ2n) is 6.40. The summed E-state index contributed by atoms with van der Waals surface area (Å²) in [6.07, 6.45) is 4.14. The molecular weight excluding hydrogens is 298 g/mol. The number of aliphatic imine (C=N–C) groups is 1. The van der Waals surface area contributed by atoms with Crippen molar-refractivity contribution in [2.24, 2.45) is 10.9 Å². The van der Waals surface area contributed by atoms with E-state index in [1.54, 1.807) is 6.20 Å². The first kappa shape index (κ1) is 16.6. The first-order valence-corrected chi connectivity index (χ1v) is 8.80. The molecule has 24 heavy (non-hydrogen) atoms. The molecule has 1 aromatic heterocycles. The summed E-state index contributed by atoms with van der Waals surface area (Å²) >= 11 is 0. The summed E-state index contributed by atoms with van der Waals surface area (Å²) in [4.78, 5) is 6.87. The third-order valence-corrected chi connectivity index (χ3v) is 4.99. The first-order valence-electron chi connectivity index (χ1n) is 8.80. The van der Waals surface area contributed by atoms with E-state index in [0.29, 0.717) is 11.8 Å². The number of guanidine groups is 1. The van der Waals surface area contributed by atoms with E-state index in [9.17, 15) is 0 Å². The maximum Gasteiger partial charge on any atom is 0.193 e. The standard InChI is InChI=1S/C19H27N5/c1-3-15-14-24(12-10-18(15)16-7-5-4-6-8-16)19(20-2)21-13-17-9-11-22-23-17/h4-9,11,15,18H,3,10,12-14H2,1-2H3,(H,20,21)(H,22,23). The minimum atomic E-state index is 0.651. The van der Waals surface area contributed by atoms with Gasteiger partial charge in [0.05, 0.1) is 12.2 Å². The number of piperidine rings is 1. The van der Waals surface area contributed by atoms with Crippen LogP contribution in [0.5, 0.6) is 0 Å². The second kappa shape index (κ2) is 7.99. The van der Waals surface area contributed by atoms with Crippen LogP contribution < -0.4 is 5.32 Å². The van der Waals surface area contributed by atoms with Gasteiger partial charge >= 0.3 is 0 Å². The van der Waals surface area contributed by atoms with Gasteiger partial charge in [0.15, 0.2) is 5.96 Å². The van der Waals surface area contributed by atoms with E-state index in [4.69, 9.17) is 0 Å². The Bertz CT molecular complexity index is 635. The highest BCUT2D eigenvalue weighted by Crippen LogP contribution is 2.34. The monoisotopic (exact) mass is 325 g/mol. The van der Waals surface area contributed by atoms with Crippen molar-refractivity contribution in [1.29, 1.82) is 0 Å². The lowest BCUT2D eigenvalue weighted by atomic mass is 9.79. The molecule has 1 aromatic carbocycles. The third-order valence-electron chi connectivity index (χ3n) is 4.99. The Balaban J connectivity index is 1.63. The van der Waals surface area contributed by atoms with Crippen LogP contribution in [0.4, 0.5) is 0 Å². The summed E-state index contributed by atoms with van der Waals surface area (Å²) < 4.78 is 0. The molecule has 2 N–H and O–H groups in total. The molecule has 5 nitrogen and oxygen atoms in total. The van der Waals surface area contributed by atoms with E-state index < -0.39 is 0 Å². The van der Waals surface area contributed by atoms with Gasteiger partial charge < -0.3 is 10.2 Å². The first-order chi connectivity index (χ1) is 11.8. The van der Waals surface area contributed by atoms with Crippen LogP contribution in [0.25, 0.3) is 0 Å². The number of likely N-dealkylation sites (tertiary alicyclic amines) is 1. The summed E-state index contributed by atoms with van der Waals surface area (Å²) in [6, 6.07) is 12.9. The maximum absolute atomic E-state index is 4.47. The molecule has 128 valence electrons. The Hall–Kier alpha value is -2.30. The highest BCUT2D eigenvalue weighted by Gasteiger charge is 2.30. The molecule has 0 radical (unpaired) electrons. The third kappa shape index (κ3) is 3.78. The molecule has 2 aromatic rings. The molecule has 2 heterocycles. The van der Waals surface area contributed by atoms with Gasteiger partial charge in [-0.05, 0) is 29.9 Å². The quantitative estimate of drug-likeness (QED) is 0.671. The molecular formula is C19H27N5. The topological polar surface area (TPSA) is 56.3 Å². The highest BCUT2D eigenvalue weighted by atomic mass is 15.3. The molecule has 2 atom stereocenters. The predicted molar refractivity (Wildman–Crippen MR) is 97.9 cm³/mol. The number of aromatic amines is 1. The Morgan fingerprint density at radius 3 is 2.83 bits per heavy atom. The average Bonchev–Trinajstić information content (AvgIpc) is 3.16. The highest BCUT2D eigenvalue weighted by molar-refractivity contribution is 5.80. The number of rotatable bonds is 4. The number of benzene rings is 1. The number of aromatic nitrogens is 2. The fraction of sp³-hybridized carbons (Fsp3) is 0.474. The van der Waals surface area contributed by atoms with E-state index in [-0.39, 0.29) is 0 Å². The molecule has 1 aliphatic heterocycles. The minimum Gasteiger partial charge on any atom is -0.351 e. The molecule has 0 saturated carbocycles. The SMILES string of the molecule is CCC1CN(C(=NC)NCc2ccn[nH]2)CCC1c1ccccc1. The van der Waals surface area contributed by atoms with E-state index >= 15 is 0 Å². The Morgan fingerprint density at radius 1 is 1.33 bits per heavy atom. The normalized spacial score (nSPS) is 21.8. The lowest BCUT2D eigenvalue weighted by Crippen LogP contribution is -2.48. The molecule has 0 spiro atoms. The molecule has 0 amide bonds. The zero-order valence-electron chi connectivity index (χ0n) is 14.6. The molecule has 1 aliphatic rings.